The molecule has 1 saturated carbocycles. The maximum absolute atomic E-state index is 13.6. The van der Waals surface area contributed by atoms with Crippen LogP contribution in [0.3, 0.4) is 0 Å². The number of benzene rings is 1. The van der Waals surface area contributed by atoms with Crippen LogP contribution in [0.15, 0.2) is 35.7 Å². The molecular weight excluding hydrogens is 252 g/mol. The van der Waals surface area contributed by atoms with E-state index >= 15 is 0 Å². The Morgan fingerprint density at radius 1 is 1.22 bits per heavy atom. The fourth-order valence-electron chi connectivity index (χ4n) is 2.09. The number of hydrogen-bond donors (Lipinski definition) is 1. The van der Waals surface area contributed by atoms with Gasteiger partial charge in [0.2, 0.25) is 0 Å². The zero-order valence-electron chi connectivity index (χ0n) is 9.70. The van der Waals surface area contributed by atoms with Crippen LogP contribution >= 0.6 is 11.3 Å². The summed E-state index contributed by atoms with van der Waals surface area (Å²) >= 11 is 1.65. The van der Waals surface area contributed by atoms with Crippen LogP contribution < -0.4 is 5.32 Å². The first kappa shape index (κ1) is 11.7. The van der Waals surface area contributed by atoms with Crippen LogP contribution in [-0.4, -0.2) is 0 Å². The predicted octanol–water partition coefficient (Wildman–Crippen LogP) is 4.59. The Morgan fingerprint density at radius 2 is 2.06 bits per heavy atom. The lowest BCUT2D eigenvalue weighted by Crippen LogP contribution is -2.12. The molecule has 1 aromatic carbocycles. The van der Waals surface area contributed by atoms with E-state index in [4.69, 9.17) is 0 Å². The van der Waals surface area contributed by atoms with Crippen LogP contribution in [0.25, 0.3) is 0 Å². The molecule has 1 heterocycles. The van der Waals surface area contributed by atoms with E-state index in [0.29, 0.717) is 5.92 Å². The Kier molecular flexibility index (Phi) is 3.04. The van der Waals surface area contributed by atoms with Gasteiger partial charge in [-0.15, -0.1) is 11.3 Å². The molecule has 1 atom stereocenters. The lowest BCUT2D eigenvalue weighted by atomic mass is 10.1. The normalized spacial score (nSPS) is 16.6. The van der Waals surface area contributed by atoms with E-state index in [1.54, 1.807) is 11.3 Å². The molecule has 3 rings (SSSR count). The third-order valence-corrected chi connectivity index (χ3v) is 4.14. The summed E-state index contributed by atoms with van der Waals surface area (Å²) < 4.78 is 26.8. The van der Waals surface area contributed by atoms with Crippen molar-refractivity contribution < 1.29 is 8.78 Å². The standard InChI is InChI=1S/C14H13F2NS/c15-10-5-6-11(16)12(8-10)17-14(9-3-4-9)13-2-1-7-18-13/h1-2,5-9,14,17H,3-4H2. The van der Waals surface area contributed by atoms with E-state index in [9.17, 15) is 8.78 Å². The van der Waals surface area contributed by atoms with Crippen molar-refractivity contribution in [1.82, 2.24) is 0 Å². The zero-order valence-corrected chi connectivity index (χ0v) is 10.5. The molecule has 1 aliphatic carbocycles. The van der Waals surface area contributed by atoms with Crippen molar-refractivity contribution >= 4 is 17.0 Å². The van der Waals surface area contributed by atoms with Crippen molar-refractivity contribution in [1.29, 1.82) is 0 Å². The molecule has 1 nitrogen and oxygen atoms in total. The largest absolute Gasteiger partial charge is 0.375 e. The van der Waals surface area contributed by atoms with Gasteiger partial charge in [-0.25, -0.2) is 8.78 Å². The Morgan fingerprint density at radius 3 is 2.72 bits per heavy atom. The Balaban J connectivity index is 1.86. The van der Waals surface area contributed by atoms with Gasteiger partial charge < -0.3 is 5.32 Å². The third kappa shape index (κ3) is 2.38. The molecule has 0 spiro atoms. The third-order valence-electron chi connectivity index (χ3n) is 3.18. The maximum atomic E-state index is 13.6. The Labute approximate surface area is 108 Å². The first-order valence-electron chi connectivity index (χ1n) is 5.99. The van der Waals surface area contributed by atoms with Crippen LogP contribution in [0.5, 0.6) is 0 Å². The SMILES string of the molecule is Fc1ccc(F)c(NC(c2cccs2)C2CC2)c1. The molecule has 0 bridgehead atoms. The average molecular weight is 265 g/mol. The minimum atomic E-state index is -0.417. The second kappa shape index (κ2) is 4.69. The molecule has 1 unspecified atom stereocenters. The Bertz CT molecular complexity index is 535. The molecular formula is C14H13F2NS. The molecule has 2 aromatic rings. The molecule has 0 saturated heterocycles. The van der Waals surface area contributed by atoms with Crippen molar-refractivity contribution in [2.75, 3.05) is 5.32 Å². The molecule has 0 radical (unpaired) electrons. The van der Waals surface area contributed by atoms with Crippen molar-refractivity contribution in [3.05, 3.63) is 52.2 Å². The van der Waals surface area contributed by atoms with Crippen LogP contribution in [0.4, 0.5) is 14.5 Å². The van der Waals surface area contributed by atoms with Crippen molar-refractivity contribution in [3.8, 4) is 0 Å². The summed E-state index contributed by atoms with van der Waals surface area (Å²) in [7, 11) is 0. The van der Waals surface area contributed by atoms with Gasteiger partial charge in [0, 0.05) is 4.88 Å². The summed E-state index contributed by atoms with van der Waals surface area (Å²) in [4.78, 5) is 1.18. The van der Waals surface area contributed by atoms with Crippen LogP contribution in [0.1, 0.15) is 23.8 Å². The minimum absolute atomic E-state index is 0.0984. The highest BCUT2D eigenvalue weighted by Gasteiger charge is 2.33. The highest BCUT2D eigenvalue weighted by molar-refractivity contribution is 7.10. The van der Waals surface area contributed by atoms with Gasteiger partial charge in [0.15, 0.2) is 0 Å². The molecule has 94 valence electrons. The van der Waals surface area contributed by atoms with Crippen molar-refractivity contribution in [3.63, 3.8) is 0 Å². The van der Waals surface area contributed by atoms with Crippen molar-refractivity contribution in [2.24, 2.45) is 5.92 Å². The van der Waals surface area contributed by atoms with E-state index in [2.05, 4.69) is 5.32 Å². The summed E-state index contributed by atoms with van der Waals surface area (Å²) in [6.45, 7) is 0. The van der Waals surface area contributed by atoms with Gasteiger partial charge in [0.1, 0.15) is 11.6 Å². The van der Waals surface area contributed by atoms with E-state index in [-0.39, 0.29) is 11.7 Å². The summed E-state index contributed by atoms with van der Waals surface area (Å²) in [5.74, 6) is -0.287. The molecule has 18 heavy (non-hydrogen) atoms. The fraction of sp³-hybridized carbons (Fsp3) is 0.286. The van der Waals surface area contributed by atoms with E-state index < -0.39 is 11.6 Å². The second-order valence-corrected chi connectivity index (χ2v) is 5.58. The summed E-state index contributed by atoms with van der Waals surface area (Å²) in [5.41, 5.74) is 0.250. The number of thiophene rings is 1. The highest BCUT2D eigenvalue weighted by atomic mass is 32.1. The van der Waals surface area contributed by atoms with Crippen LogP contribution in [-0.2, 0) is 0 Å². The molecule has 1 aliphatic rings. The van der Waals surface area contributed by atoms with Gasteiger partial charge in [-0.05, 0) is 48.4 Å². The van der Waals surface area contributed by atoms with Gasteiger partial charge in [0.25, 0.3) is 0 Å². The molecule has 0 aliphatic heterocycles. The van der Waals surface area contributed by atoms with Crippen LogP contribution in [0.2, 0.25) is 0 Å². The van der Waals surface area contributed by atoms with Crippen LogP contribution in [0, 0.1) is 17.6 Å². The Hall–Kier alpha value is -1.42. The summed E-state index contributed by atoms with van der Waals surface area (Å²) in [6, 6.07) is 7.64. The fourth-order valence-corrected chi connectivity index (χ4v) is 2.96. The number of anilines is 1. The van der Waals surface area contributed by atoms with E-state index in [1.807, 2.05) is 17.5 Å². The smallest absolute Gasteiger partial charge is 0.146 e. The van der Waals surface area contributed by atoms with Gasteiger partial charge in [-0.2, -0.15) is 0 Å². The zero-order chi connectivity index (χ0) is 12.5. The number of hydrogen-bond acceptors (Lipinski definition) is 2. The monoisotopic (exact) mass is 265 g/mol. The second-order valence-electron chi connectivity index (χ2n) is 4.60. The molecule has 1 N–H and O–H groups in total. The predicted molar refractivity (Wildman–Crippen MR) is 69.8 cm³/mol. The number of nitrogens with one attached hydrogen (secondary N) is 1. The molecule has 0 amide bonds. The maximum Gasteiger partial charge on any atom is 0.146 e. The first-order chi connectivity index (χ1) is 8.74. The lowest BCUT2D eigenvalue weighted by Gasteiger charge is -2.18. The van der Waals surface area contributed by atoms with Gasteiger partial charge in [-0.3, -0.25) is 0 Å². The van der Waals surface area contributed by atoms with E-state index in [0.717, 1.165) is 25.0 Å². The van der Waals surface area contributed by atoms with Gasteiger partial charge in [-0.1, -0.05) is 6.07 Å². The van der Waals surface area contributed by atoms with Gasteiger partial charge in [0.05, 0.1) is 11.7 Å². The average Bonchev–Trinajstić information content (AvgIpc) is 3.05. The van der Waals surface area contributed by atoms with Crippen molar-refractivity contribution in [2.45, 2.75) is 18.9 Å². The number of halogens is 2. The summed E-state index contributed by atoms with van der Waals surface area (Å²) in [5, 5.41) is 5.16. The summed E-state index contributed by atoms with van der Waals surface area (Å²) in [6.07, 6.45) is 2.29. The quantitative estimate of drug-likeness (QED) is 0.852. The van der Waals surface area contributed by atoms with E-state index in [1.165, 1.54) is 10.9 Å². The first-order valence-corrected chi connectivity index (χ1v) is 6.87. The highest BCUT2D eigenvalue weighted by Crippen LogP contribution is 2.44. The lowest BCUT2D eigenvalue weighted by molar-refractivity contribution is 0.595. The molecule has 4 heteroatoms. The molecule has 1 fully saturated rings. The minimum Gasteiger partial charge on any atom is -0.375 e. The topological polar surface area (TPSA) is 12.0 Å². The van der Waals surface area contributed by atoms with Gasteiger partial charge >= 0.3 is 0 Å². The molecule has 1 aromatic heterocycles. The number of rotatable bonds is 4.